The predicted octanol–water partition coefficient (Wildman–Crippen LogP) is 4.66. The minimum atomic E-state index is -4.67. The first kappa shape index (κ1) is 26.7. The number of sulfonamides is 1. The van der Waals surface area contributed by atoms with Gasteiger partial charge >= 0.3 is 6.18 Å². The van der Waals surface area contributed by atoms with Gasteiger partial charge in [-0.1, -0.05) is 12.1 Å². The lowest BCUT2D eigenvalue weighted by molar-refractivity contribution is -0.137. The lowest BCUT2D eigenvalue weighted by Gasteiger charge is -2.35. The Bertz CT molecular complexity index is 1390. The summed E-state index contributed by atoms with van der Waals surface area (Å²) in [6.07, 6.45) is -2.99. The van der Waals surface area contributed by atoms with Crippen molar-refractivity contribution in [1.82, 2.24) is 9.88 Å². The number of ether oxygens (including phenoxy) is 1. The Balaban J connectivity index is 1.83. The molecule has 0 amide bonds. The molecule has 4 rings (SSSR count). The Morgan fingerprint density at radius 3 is 2.35 bits per heavy atom. The van der Waals surface area contributed by atoms with Crippen molar-refractivity contribution in [2.24, 2.45) is 0 Å². The molecule has 3 aromatic rings. The molecule has 0 saturated carbocycles. The Morgan fingerprint density at radius 1 is 1.00 bits per heavy atom. The van der Waals surface area contributed by atoms with Crippen LogP contribution in [0.2, 0.25) is 0 Å². The summed E-state index contributed by atoms with van der Waals surface area (Å²) in [6, 6.07) is 11.1. The SMILES string of the molecule is COc1cc(C)cc(-c2cnc(N3CCN(C)CC3)c(N(C)S(=O)(=O)c3cccc(C(F)(F)F)c3)c2)c1. The zero-order valence-corrected chi connectivity index (χ0v) is 21.9. The van der Waals surface area contributed by atoms with Gasteiger partial charge in [0.2, 0.25) is 0 Å². The van der Waals surface area contributed by atoms with E-state index < -0.39 is 26.7 Å². The summed E-state index contributed by atoms with van der Waals surface area (Å²) in [6.45, 7) is 4.71. The molecule has 0 N–H and O–H groups in total. The Hall–Kier alpha value is -3.31. The van der Waals surface area contributed by atoms with Gasteiger partial charge in [0.1, 0.15) is 5.75 Å². The number of nitrogens with zero attached hydrogens (tertiary/aromatic N) is 4. The molecule has 1 aromatic heterocycles. The van der Waals surface area contributed by atoms with Crippen LogP contribution in [0, 0.1) is 6.92 Å². The normalized spacial score (nSPS) is 15.1. The maximum absolute atomic E-state index is 13.6. The molecule has 37 heavy (non-hydrogen) atoms. The van der Waals surface area contributed by atoms with Crippen molar-refractivity contribution in [1.29, 1.82) is 0 Å². The van der Waals surface area contributed by atoms with Gasteiger partial charge in [0.05, 0.1) is 23.3 Å². The maximum atomic E-state index is 13.6. The van der Waals surface area contributed by atoms with E-state index in [9.17, 15) is 21.6 Å². The van der Waals surface area contributed by atoms with Crippen molar-refractivity contribution < 1.29 is 26.3 Å². The molecule has 2 aromatic carbocycles. The topological polar surface area (TPSA) is 66.0 Å². The molecule has 1 aliphatic heterocycles. The van der Waals surface area contributed by atoms with Crippen molar-refractivity contribution in [3.63, 3.8) is 0 Å². The van der Waals surface area contributed by atoms with Crippen molar-refractivity contribution in [2.75, 3.05) is 56.6 Å². The van der Waals surface area contributed by atoms with Crippen molar-refractivity contribution >= 4 is 21.5 Å². The summed E-state index contributed by atoms with van der Waals surface area (Å²) in [4.78, 5) is 8.36. The molecule has 0 radical (unpaired) electrons. The third-order valence-electron chi connectivity index (χ3n) is 6.43. The average Bonchev–Trinajstić information content (AvgIpc) is 2.87. The third kappa shape index (κ3) is 5.67. The smallest absolute Gasteiger partial charge is 0.416 e. The van der Waals surface area contributed by atoms with Gasteiger partial charge in [-0.3, -0.25) is 4.31 Å². The van der Waals surface area contributed by atoms with Crippen molar-refractivity contribution in [2.45, 2.75) is 18.0 Å². The molecule has 7 nitrogen and oxygen atoms in total. The highest BCUT2D eigenvalue weighted by molar-refractivity contribution is 7.92. The van der Waals surface area contributed by atoms with Crippen molar-refractivity contribution in [3.8, 4) is 16.9 Å². The number of methoxy groups -OCH3 is 1. The summed E-state index contributed by atoms with van der Waals surface area (Å²) in [5.41, 5.74) is 1.63. The monoisotopic (exact) mass is 534 g/mol. The van der Waals surface area contributed by atoms with E-state index in [2.05, 4.69) is 9.88 Å². The second-order valence-corrected chi connectivity index (χ2v) is 11.1. The summed E-state index contributed by atoms with van der Waals surface area (Å²) in [7, 11) is 0.573. The largest absolute Gasteiger partial charge is 0.497 e. The fourth-order valence-corrected chi connectivity index (χ4v) is 5.49. The number of anilines is 2. The van der Waals surface area contributed by atoms with Gasteiger partial charge in [-0.15, -0.1) is 0 Å². The van der Waals surface area contributed by atoms with Crippen LogP contribution in [0.25, 0.3) is 11.1 Å². The van der Waals surface area contributed by atoms with E-state index in [0.29, 0.717) is 36.3 Å². The van der Waals surface area contributed by atoms with Crippen LogP contribution in [-0.4, -0.2) is 65.7 Å². The van der Waals surface area contributed by atoms with Crippen LogP contribution >= 0.6 is 0 Å². The second-order valence-electron chi connectivity index (χ2n) is 9.09. The summed E-state index contributed by atoms with van der Waals surface area (Å²) < 4.78 is 73.5. The van der Waals surface area contributed by atoms with Crippen molar-refractivity contribution in [3.05, 3.63) is 65.9 Å². The molecule has 0 atom stereocenters. The first-order chi connectivity index (χ1) is 17.4. The summed E-state index contributed by atoms with van der Waals surface area (Å²) in [5, 5.41) is 0. The van der Waals surface area contributed by atoms with E-state index in [1.54, 1.807) is 19.4 Å². The van der Waals surface area contributed by atoms with E-state index in [0.717, 1.165) is 40.7 Å². The van der Waals surface area contributed by atoms with Crippen LogP contribution in [-0.2, 0) is 16.2 Å². The molecule has 2 heterocycles. The highest BCUT2D eigenvalue weighted by atomic mass is 32.2. The highest BCUT2D eigenvalue weighted by Gasteiger charge is 2.33. The quantitative estimate of drug-likeness (QED) is 0.458. The lowest BCUT2D eigenvalue weighted by atomic mass is 10.0. The van der Waals surface area contributed by atoms with Gasteiger partial charge in [-0.25, -0.2) is 13.4 Å². The fraction of sp³-hybridized carbons (Fsp3) is 0.346. The number of alkyl halides is 3. The number of benzene rings is 2. The number of aromatic nitrogens is 1. The Morgan fingerprint density at radius 2 is 1.70 bits per heavy atom. The van der Waals surface area contributed by atoms with Crippen LogP contribution in [0.3, 0.4) is 0 Å². The van der Waals surface area contributed by atoms with E-state index in [1.807, 2.05) is 37.1 Å². The van der Waals surface area contributed by atoms with E-state index in [-0.39, 0.29) is 5.69 Å². The number of hydrogen-bond donors (Lipinski definition) is 0. The zero-order valence-electron chi connectivity index (χ0n) is 21.1. The number of piperazine rings is 1. The van der Waals surface area contributed by atoms with E-state index in [1.165, 1.54) is 13.1 Å². The van der Waals surface area contributed by atoms with Crippen LogP contribution < -0.4 is 13.9 Å². The molecule has 1 aliphatic rings. The Labute approximate surface area is 215 Å². The van der Waals surface area contributed by atoms with E-state index in [4.69, 9.17) is 4.74 Å². The van der Waals surface area contributed by atoms with Crippen LogP contribution in [0.15, 0.2) is 59.6 Å². The highest BCUT2D eigenvalue weighted by Crippen LogP contribution is 2.37. The number of likely N-dealkylation sites (N-methyl/N-ethyl adjacent to an activating group) is 1. The minimum Gasteiger partial charge on any atom is -0.497 e. The van der Waals surface area contributed by atoms with Crippen LogP contribution in [0.1, 0.15) is 11.1 Å². The molecule has 1 fully saturated rings. The van der Waals surface area contributed by atoms with E-state index >= 15 is 0 Å². The molecule has 0 unspecified atom stereocenters. The minimum absolute atomic E-state index is 0.278. The molecule has 0 aliphatic carbocycles. The zero-order chi connectivity index (χ0) is 27.0. The first-order valence-electron chi connectivity index (χ1n) is 11.7. The first-order valence-corrected chi connectivity index (χ1v) is 13.1. The maximum Gasteiger partial charge on any atom is 0.416 e. The number of hydrogen-bond acceptors (Lipinski definition) is 6. The summed E-state index contributed by atoms with van der Waals surface area (Å²) in [5.74, 6) is 1.10. The molecular weight excluding hydrogens is 505 g/mol. The van der Waals surface area contributed by atoms with Gasteiger partial charge in [0, 0.05) is 45.0 Å². The van der Waals surface area contributed by atoms with Gasteiger partial charge in [0.25, 0.3) is 10.0 Å². The summed E-state index contributed by atoms with van der Waals surface area (Å²) >= 11 is 0. The molecule has 1 saturated heterocycles. The number of rotatable bonds is 6. The average molecular weight is 535 g/mol. The van der Waals surface area contributed by atoms with Crippen LogP contribution in [0.5, 0.6) is 5.75 Å². The molecule has 0 bridgehead atoms. The number of aryl methyl sites for hydroxylation is 1. The van der Waals surface area contributed by atoms with Gasteiger partial charge in [-0.05, 0) is 61.5 Å². The third-order valence-corrected chi connectivity index (χ3v) is 8.20. The van der Waals surface area contributed by atoms with Gasteiger partial charge < -0.3 is 14.5 Å². The molecule has 198 valence electrons. The second kappa shape index (κ2) is 10.2. The Kier molecular flexibility index (Phi) is 7.38. The molecule has 11 heteroatoms. The number of halogens is 3. The molecule has 0 spiro atoms. The predicted molar refractivity (Wildman–Crippen MR) is 138 cm³/mol. The molecular formula is C26H29F3N4O3S. The van der Waals surface area contributed by atoms with Gasteiger partial charge in [-0.2, -0.15) is 13.2 Å². The fourth-order valence-electron chi connectivity index (χ4n) is 4.25. The standard InChI is InChI=1S/C26H29F3N4O3S/c1-18-12-19(14-22(13-18)36-4)20-15-24(25(30-17-20)33-10-8-31(2)9-11-33)32(3)37(34,35)23-7-5-6-21(16-23)26(27,28)29/h5-7,12-17H,8-11H2,1-4H3. The van der Waals surface area contributed by atoms with Crippen LogP contribution in [0.4, 0.5) is 24.7 Å². The number of pyridine rings is 1. The lowest BCUT2D eigenvalue weighted by Crippen LogP contribution is -2.45. The van der Waals surface area contributed by atoms with Gasteiger partial charge in [0.15, 0.2) is 5.82 Å².